The number of nitrogens with zero attached hydrogens (tertiary/aromatic N) is 1. The standard InChI is InChI=1S/C20H21NO4S/c1-22-15-4-6-16(7-5-15)25-13-20-21-12-19(26-20)14-3-8-17-18(11-14)24-10-2-9-23-17/h3-8,11-12,19-20H,2,9-10,13H2,1H3. The SMILES string of the molecule is COc1ccc(OCC2N=CC(c3ccc4c(c3)OCCCO4)S2)cc1. The first-order valence-corrected chi connectivity index (χ1v) is 9.61. The molecule has 0 saturated carbocycles. The molecule has 0 saturated heterocycles. The zero-order valence-electron chi connectivity index (χ0n) is 14.6. The molecule has 2 unspecified atom stereocenters. The van der Waals surface area contributed by atoms with E-state index < -0.39 is 0 Å². The van der Waals surface area contributed by atoms with E-state index in [1.807, 2.05) is 36.5 Å². The molecule has 0 spiro atoms. The molecule has 2 aromatic carbocycles. The highest BCUT2D eigenvalue weighted by Crippen LogP contribution is 2.40. The molecule has 2 aromatic rings. The second-order valence-corrected chi connectivity index (χ2v) is 7.38. The van der Waals surface area contributed by atoms with Gasteiger partial charge in [0.1, 0.15) is 23.5 Å². The molecule has 0 aliphatic carbocycles. The third-order valence-electron chi connectivity index (χ3n) is 4.24. The fourth-order valence-electron chi connectivity index (χ4n) is 2.86. The number of thioether (sulfide) groups is 1. The molecule has 0 bridgehead atoms. The lowest BCUT2D eigenvalue weighted by molar-refractivity contribution is 0.297. The second-order valence-electron chi connectivity index (χ2n) is 6.05. The van der Waals surface area contributed by atoms with Gasteiger partial charge in [0, 0.05) is 12.6 Å². The lowest BCUT2D eigenvalue weighted by Gasteiger charge is -2.14. The molecule has 0 fully saturated rings. The van der Waals surface area contributed by atoms with Crippen molar-refractivity contribution in [1.82, 2.24) is 0 Å². The minimum absolute atomic E-state index is 0.0816. The van der Waals surface area contributed by atoms with Gasteiger partial charge in [0.15, 0.2) is 11.5 Å². The predicted molar refractivity (Wildman–Crippen MR) is 103 cm³/mol. The summed E-state index contributed by atoms with van der Waals surface area (Å²) in [6.07, 6.45) is 2.90. The Morgan fingerprint density at radius 1 is 1.04 bits per heavy atom. The van der Waals surface area contributed by atoms with Crippen LogP contribution in [0.3, 0.4) is 0 Å². The molecule has 5 nitrogen and oxygen atoms in total. The van der Waals surface area contributed by atoms with Crippen LogP contribution in [0.4, 0.5) is 0 Å². The van der Waals surface area contributed by atoms with Gasteiger partial charge in [-0.25, -0.2) is 0 Å². The van der Waals surface area contributed by atoms with Gasteiger partial charge in [0.2, 0.25) is 0 Å². The highest BCUT2D eigenvalue weighted by Gasteiger charge is 2.24. The molecule has 2 atom stereocenters. The molecule has 136 valence electrons. The second kappa shape index (κ2) is 7.91. The molecular weight excluding hydrogens is 350 g/mol. The first kappa shape index (κ1) is 17.1. The Morgan fingerprint density at radius 2 is 1.81 bits per heavy atom. The van der Waals surface area contributed by atoms with E-state index in [9.17, 15) is 0 Å². The van der Waals surface area contributed by atoms with Gasteiger partial charge in [-0.05, 0) is 42.0 Å². The van der Waals surface area contributed by atoms with Gasteiger partial charge in [-0.1, -0.05) is 6.07 Å². The zero-order valence-corrected chi connectivity index (χ0v) is 15.4. The molecule has 26 heavy (non-hydrogen) atoms. The van der Waals surface area contributed by atoms with Gasteiger partial charge in [-0.15, -0.1) is 11.8 Å². The lowest BCUT2D eigenvalue weighted by atomic mass is 10.1. The summed E-state index contributed by atoms with van der Waals surface area (Å²) in [5, 5.41) is 0.287. The highest BCUT2D eigenvalue weighted by atomic mass is 32.2. The highest BCUT2D eigenvalue weighted by molar-refractivity contribution is 8.01. The Morgan fingerprint density at radius 3 is 2.62 bits per heavy atom. The minimum Gasteiger partial charge on any atom is -0.497 e. The van der Waals surface area contributed by atoms with Gasteiger partial charge in [0.05, 0.1) is 25.6 Å². The van der Waals surface area contributed by atoms with Crippen molar-refractivity contribution >= 4 is 18.0 Å². The van der Waals surface area contributed by atoms with Crippen LogP contribution in [0.25, 0.3) is 0 Å². The maximum Gasteiger partial charge on any atom is 0.161 e. The summed E-state index contributed by atoms with van der Waals surface area (Å²) in [5.41, 5.74) is 1.18. The van der Waals surface area contributed by atoms with Crippen LogP contribution in [0.15, 0.2) is 47.5 Å². The molecule has 0 radical (unpaired) electrons. The van der Waals surface area contributed by atoms with E-state index >= 15 is 0 Å². The summed E-state index contributed by atoms with van der Waals surface area (Å²) in [4.78, 5) is 4.59. The Bertz CT molecular complexity index is 778. The summed E-state index contributed by atoms with van der Waals surface area (Å²) < 4.78 is 22.5. The Labute approximate surface area is 157 Å². The van der Waals surface area contributed by atoms with Crippen LogP contribution < -0.4 is 18.9 Å². The van der Waals surface area contributed by atoms with E-state index in [4.69, 9.17) is 18.9 Å². The zero-order chi connectivity index (χ0) is 17.8. The number of fused-ring (bicyclic) bond motifs is 1. The number of ether oxygens (including phenoxy) is 4. The number of hydrogen-bond donors (Lipinski definition) is 0. The Hall–Kier alpha value is -2.34. The number of aliphatic imine (C=N–C) groups is 1. The van der Waals surface area contributed by atoms with Crippen LogP contribution in [0.2, 0.25) is 0 Å². The van der Waals surface area contributed by atoms with Crippen molar-refractivity contribution in [3.63, 3.8) is 0 Å². The largest absolute Gasteiger partial charge is 0.497 e. The van der Waals surface area contributed by atoms with Crippen LogP contribution >= 0.6 is 11.8 Å². The quantitative estimate of drug-likeness (QED) is 0.791. The van der Waals surface area contributed by atoms with E-state index in [0.29, 0.717) is 19.8 Å². The summed E-state index contributed by atoms with van der Waals surface area (Å²) in [5.74, 6) is 3.29. The smallest absolute Gasteiger partial charge is 0.161 e. The van der Waals surface area contributed by atoms with Gasteiger partial charge < -0.3 is 18.9 Å². The van der Waals surface area contributed by atoms with Crippen molar-refractivity contribution in [3.8, 4) is 23.0 Å². The third kappa shape index (κ3) is 3.90. The van der Waals surface area contributed by atoms with E-state index in [-0.39, 0.29) is 10.6 Å². The first-order valence-electron chi connectivity index (χ1n) is 8.67. The van der Waals surface area contributed by atoms with Crippen LogP contribution in [-0.4, -0.2) is 38.5 Å². The van der Waals surface area contributed by atoms with Gasteiger partial charge in [-0.3, -0.25) is 4.99 Å². The fourth-order valence-corrected chi connectivity index (χ4v) is 3.93. The molecular formula is C20H21NO4S. The predicted octanol–water partition coefficient (Wildman–Crippen LogP) is 4.12. The van der Waals surface area contributed by atoms with Gasteiger partial charge >= 0.3 is 0 Å². The first-order chi connectivity index (χ1) is 12.8. The minimum atomic E-state index is 0.0816. The van der Waals surface area contributed by atoms with Gasteiger partial charge in [0.25, 0.3) is 0 Å². The third-order valence-corrected chi connectivity index (χ3v) is 5.50. The van der Waals surface area contributed by atoms with Crippen molar-refractivity contribution in [3.05, 3.63) is 48.0 Å². The summed E-state index contributed by atoms with van der Waals surface area (Å²) in [7, 11) is 1.65. The van der Waals surface area contributed by atoms with E-state index in [2.05, 4.69) is 17.1 Å². The van der Waals surface area contributed by atoms with Crippen LogP contribution in [-0.2, 0) is 0 Å². The van der Waals surface area contributed by atoms with E-state index in [0.717, 1.165) is 29.4 Å². The summed E-state index contributed by atoms with van der Waals surface area (Å²) >= 11 is 1.78. The fraction of sp³-hybridized carbons (Fsp3) is 0.350. The summed E-state index contributed by atoms with van der Waals surface area (Å²) in [6, 6.07) is 13.7. The number of methoxy groups -OCH3 is 1. The van der Waals surface area contributed by atoms with Crippen LogP contribution in [0, 0.1) is 0 Å². The summed E-state index contributed by atoms with van der Waals surface area (Å²) in [6.45, 7) is 1.94. The van der Waals surface area contributed by atoms with Crippen LogP contribution in [0.5, 0.6) is 23.0 Å². The van der Waals surface area contributed by atoms with Crippen LogP contribution in [0.1, 0.15) is 17.2 Å². The lowest BCUT2D eigenvalue weighted by Crippen LogP contribution is -2.10. The maximum absolute atomic E-state index is 5.85. The number of rotatable bonds is 5. The number of benzene rings is 2. The Kier molecular flexibility index (Phi) is 5.20. The molecule has 0 N–H and O–H groups in total. The van der Waals surface area contributed by atoms with Gasteiger partial charge in [-0.2, -0.15) is 0 Å². The molecule has 6 heteroatoms. The molecule has 0 aromatic heterocycles. The molecule has 2 heterocycles. The average molecular weight is 371 g/mol. The van der Waals surface area contributed by atoms with Crippen molar-refractivity contribution in [2.24, 2.45) is 4.99 Å². The van der Waals surface area contributed by atoms with E-state index in [1.165, 1.54) is 5.56 Å². The maximum atomic E-state index is 5.85. The normalized spacial score (nSPS) is 21.3. The van der Waals surface area contributed by atoms with E-state index in [1.54, 1.807) is 18.9 Å². The topological polar surface area (TPSA) is 49.3 Å². The van der Waals surface area contributed by atoms with Crippen molar-refractivity contribution in [2.45, 2.75) is 17.0 Å². The Balaban J connectivity index is 1.35. The monoisotopic (exact) mass is 371 g/mol. The molecule has 2 aliphatic heterocycles. The molecule has 0 amide bonds. The van der Waals surface area contributed by atoms with Crippen molar-refractivity contribution in [1.29, 1.82) is 0 Å². The molecule has 4 rings (SSSR count). The average Bonchev–Trinajstić information content (AvgIpc) is 3.04. The number of hydrogen-bond acceptors (Lipinski definition) is 6. The molecule has 2 aliphatic rings. The van der Waals surface area contributed by atoms with Crippen molar-refractivity contribution < 1.29 is 18.9 Å². The van der Waals surface area contributed by atoms with Crippen molar-refractivity contribution in [2.75, 3.05) is 26.9 Å².